The molecule has 0 atom stereocenters. The van der Waals surface area contributed by atoms with Gasteiger partial charge in [0.05, 0.1) is 13.7 Å². The molecule has 0 aliphatic rings. The second-order valence-electron chi connectivity index (χ2n) is 6.61. The van der Waals surface area contributed by atoms with Crippen LogP contribution >= 0.6 is 0 Å². The van der Waals surface area contributed by atoms with Crippen molar-refractivity contribution in [2.75, 3.05) is 30.9 Å². The molecule has 146 valence electrons. The van der Waals surface area contributed by atoms with E-state index in [9.17, 15) is 0 Å². The standard InChI is InChI=1S/C22H26N4O2/c1-15-13-16(2)21(17(3)14-15)26-22-24-10-9-20(25-22)23-11-12-28-19-7-5-18(27-4)6-8-19/h5-10,13-14H,11-12H2,1-4H3,(H2,23,24,25,26). The van der Waals surface area contributed by atoms with Crippen LogP contribution in [-0.2, 0) is 0 Å². The van der Waals surface area contributed by atoms with Crippen LogP contribution in [0.5, 0.6) is 11.5 Å². The van der Waals surface area contributed by atoms with Crippen LogP contribution in [-0.4, -0.2) is 30.2 Å². The van der Waals surface area contributed by atoms with Gasteiger partial charge in [-0.05, 0) is 62.2 Å². The van der Waals surface area contributed by atoms with Crippen molar-refractivity contribution >= 4 is 17.5 Å². The van der Waals surface area contributed by atoms with E-state index in [2.05, 4.69) is 53.5 Å². The molecule has 28 heavy (non-hydrogen) atoms. The van der Waals surface area contributed by atoms with E-state index in [0.29, 0.717) is 19.1 Å². The number of nitrogens with one attached hydrogen (secondary N) is 2. The number of ether oxygens (including phenoxy) is 2. The summed E-state index contributed by atoms with van der Waals surface area (Å²) in [6.07, 6.45) is 1.74. The van der Waals surface area contributed by atoms with Gasteiger partial charge >= 0.3 is 0 Å². The smallest absolute Gasteiger partial charge is 0.229 e. The van der Waals surface area contributed by atoms with Crippen molar-refractivity contribution in [2.24, 2.45) is 0 Å². The SMILES string of the molecule is COc1ccc(OCCNc2ccnc(Nc3c(C)cc(C)cc3C)n2)cc1. The van der Waals surface area contributed by atoms with Crippen molar-refractivity contribution in [1.29, 1.82) is 0 Å². The monoisotopic (exact) mass is 378 g/mol. The summed E-state index contributed by atoms with van der Waals surface area (Å²) < 4.78 is 10.9. The van der Waals surface area contributed by atoms with E-state index < -0.39 is 0 Å². The topological polar surface area (TPSA) is 68.3 Å². The fourth-order valence-electron chi connectivity index (χ4n) is 3.03. The molecular weight excluding hydrogens is 352 g/mol. The van der Waals surface area contributed by atoms with E-state index in [1.807, 2.05) is 30.3 Å². The van der Waals surface area contributed by atoms with Gasteiger partial charge in [-0.15, -0.1) is 0 Å². The van der Waals surface area contributed by atoms with Gasteiger partial charge in [0.2, 0.25) is 5.95 Å². The minimum absolute atomic E-state index is 0.523. The molecule has 2 aromatic carbocycles. The second kappa shape index (κ2) is 9.08. The molecule has 3 rings (SSSR count). The van der Waals surface area contributed by atoms with Crippen LogP contribution in [0.4, 0.5) is 17.5 Å². The molecule has 0 aliphatic heterocycles. The molecule has 6 heteroatoms. The molecule has 0 saturated carbocycles. The Labute approximate surface area is 166 Å². The van der Waals surface area contributed by atoms with Gasteiger partial charge in [0, 0.05) is 11.9 Å². The molecule has 0 fully saturated rings. The molecule has 2 N–H and O–H groups in total. The first-order valence-electron chi connectivity index (χ1n) is 9.24. The van der Waals surface area contributed by atoms with E-state index in [4.69, 9.17) is 9.47 Å². The lowest BCUT2D eigenvalue weighted by Gasteiger charge is -2.13. The van der Waals surface area contributed by atoms with Crippen LogP contribution in [0.15, 0.2) is 48.7 Å². The fraction of sp³-hybridized carbons (Fsp3) is 0.273. The highest BCUT2D eigenvalue weighted by atomic mass is 16.5. The first kappa shape index (κ1) is 19.5. The van der Waals surface area contributed by atoms with E-state index in [-0.39, 0.29) is 0 Å². The Bertz CT molecular complexity index is 903. The van der Waals surface area contributed by atoms with Gasteiger partial charge in [0.15, 0.2) is 0 Å². The minimum atomic E-state index is 0.523. The fourth-order valence-corrected chi connectivity index (χ4v) is 3.03. The average Bonchev–Trinajstić information content (AvgIpc) is 2.69. The average molecular weight is 378 g/mol. The number of methoxy groups -OCH3 is 1. The highest BCUT2D eigenvalue weighted by molar-refractivity contribution is 5.64. The number of hydrogen-bond acceptors (Lipinski definition) is 6. The number of nitrogens with zero attached hydrogens (tertiary/aromatic N) is 2. The van der Waals surface area contributed by atoms with E-state index in [0.717, 1.165) is 23.0 Å². The molecule has 0 unspecified atom stereocenters. The number of anilines is 3. The number of benzene rings is 2. The van der Waals surface area contributed by atoms with Crippen molar-refractivity contribution < 1.29 is 9.47 Å². The largest absolute Gasteiger partial charge is 0.497 e. The molecular formula is C22H26N4O2. The Morgan fingerprint density at radius 2 is 1.61 bits per heavy atom. The molecule has 0 bridgehead atoms. The summed E-state index contributed by atoms with van der Waals surface area (Å²) in [5.41, 5.74) is 4.64. The maximum Gasteiger partial charge on any atom is 0.229 e. The van der Waals surface area contributed by atoms with Gasteiger partial charge in [0.25, 0.3) is 0 Å². The summed E-state index contributed by atoms with van der Waals surface area (Å²) in [6, 6.07) is 13.7. The van der Waals surface area contributed by atoms with Crippen LogP contribution in [0, 0.1) is 20.8 Å². The summed E-state index contributed by atoms with van der Waals surface area (Å²) in [4.78, 5) is 8.86. The maximum atomic E-state index is 5.72. The zero-order valence-corrected chi connectivity index (χ0v) is 16.7. The second-order valence-corrected chi connectivity index (χ2v) is 6.61. The third-order valence-corrected chi connectivity index (χ3v) is 4.31. The summed E-state index contributed by atoms with van der Waals surface area (Å²) in [7, 11) is 1.64. The van der Waals surface area contributed by atoms with Crippen LogP contribution in [0.25, 0.3) is 0 Å². The summed E-state index contributed by atoms with van der Waals surface area (Å²) in [5.74, 6) is 2.93. The lowest BCUT2D eigenvalue weighted by atomic mass is 10.1. The zero-order chi connectivity index (χ0) is 19.9. The summed E-state index contributed by atoms with van der Waals surface area (Å²) >= 11 is 0. The van der Waals surface area contributed by atoms with Crippen LogP contribution in [0.2, 0.25) is 0 Å². The molecule has 6 nitrogen and oxygen atoms in total. The molecule has 3 aromatic rings. The molecule has 0 spiro atoms. The van der Waals surface area contributed by atoms with Crippen molar-refractivity contribution in [1.82, 2.24) is 9.97 Å². The summed E-state index contributed by atoms with van der Waals surface area (Å²) in [6.45, 7) is 7.42. The Morgan fingerprint density at radius 1 is 0.929 bits per heavy atom. The minimum Gasteiger partial charge on any atom is -0.497 e. The highest BCUT2D eigenvalue weighted by Crippen LogP contribution is 2.24. The number of hydrogen-bond donors (Lipinski definition) is 2. The molecule has 0 radical (unpaired) electrons. The van der Waals surface area contributed by atoms with Gasteiger partial charge in [-0.25, -0.2) is 4.98 Å². The van der Waals surface area contributed by atoms with Gasteiger partial charge in [-0.3, -0.25) is 0 Å². The van der Waals surface area contributed by atoms with Gasteiger partial charge < -0.3 is 20.1 Å². The first-order valence-corrected chi connectivity index (χ1v) is 9.24. The van der Waals surface area contributed by atoms with Crippen molar-refractivity contribution in [3.63, 3.8) is 0 Å². The van der Waals surface area contributed by atoms with Crippen LogP contribution in [0.3, 0.4) is 0 Å². The van der Waals surface area contributed by atoms with Crippen molar-refractivity contribution in [2.45, 2.75) is 20.8 Å². The molecule has 1 heterocycles. The lowest BCUT2D eigenvalue weighted by Crippen LogP contribution is -2.13. The summed E-state index contributed by atoms with van der Waals surface area (Å²) in [5, 5.41) is 6.59. The number of aryl methyl sites for hydroxylation is 3. The zero-order valence-electron chi connectivity index (χ0n) is 16.7. The molecule has 0 aliphatic carbocycles. The third-order valence-electron chi connectivity index (χ3n) is 4.31. The molecule has 1 aromatic heterocycles. The van der Waals surface area contributed by atoms with E-state index >= 15 is 0 Å². The predicted octanol–water partition coefficient (Wildman–Crippen LogP) is 4.64. The van der Waals surface area contributed by atoms with Gasteiger partial charge in [0.1, 0.15) is 23.9 Å². The van der Waals surface area contributed by atoms with Crippen LogP contribution in [0.1, 0.15) is 16.7 Å². The first-order chi connectivity index (χ1) is 13.5. The maximum absolute atomic E-state index is 5.72. The normalized spacial score (nSPS) is 10.4. The Kier molecular flexibility index (Phi) is 6.32. The quantitative estimate of drug-likeness (QED) is 0.556. The van der Waals surface area contributed by atoms with Gasteiger partial charge in [-0.2, -0.15) is 4.98 Å². The van der Waals surface area contributed by atoms with Crippen molar-refractivity contribution in [3.8, 4) is 11.5 Å². The predicted molar refractivity (Wildman–Crippen MR) is 113 cm³/mol. The van der Waals surface area contributed by atoms with Gasteiger partial charge in [-0.1, -0.05) is 17.7 Å². The number of aromatic nitrogens is 2. The highest BCUT2D eigenvalue weighted by Gasteiger charge is 2.06. The molecule has 0 amide bonds. The number of rotatable bonds is 8. The van der Waals surface area contributed by atoms with E-state index in [1.165, 1.54) is 16.7 Å². The third kappa shape index (κ3) is 5.13. The van der Waals surface area contributed by atoms with Crippen molar-refractivity contribution in [3.05, 3.63) is 65.4 Å². The Hall–Kier alpha value is -3.28. The molecule has 0 saturated heterocycles. The lowest BCUT2D eigenvalue weighted by molar-refractivity contribution is 0.331. The Morgan fingerprint density at radius 3 is 2.29 bits per heavy atom. The Balaban J connectivity index is 1.55. The van der Waals surface area contributed by atoms with Crippen LogP contribution < -0.4 is 20.1 Å². The van der Waals surface area contributed by atoms with E-state index in [1.54, 1.807) is 13.3 Å².